The smallest absolute Gasteiger partial charge is 0.348 e. The highest BCUT2D eigenvalue weighted by atomic mass is 35.5. The van der Waals surface area contributed by atoms with Crippen LogP contribution in [-0.2, 0) is 22.4 Å². The number of carbonyl (C=O) groups excluding carboxylic acids is 2. The van der Waals surface area contributed by atoms with E-state index in [1.807, 2.05) is 29.6 Å². The van der Waals surface area contributed by atoms with Crippen LogP contribution in [0.15, 0.2) is 35.7 Å². The fraction of sp³-hybridized carbons (Fsp3) is 0.250. The van der Waals surface area contributed by atoms with Gasteiger partial charge in [0, 0.05) is 20.8 Å². The number of ether oxygens (including phenoxy) is 1. The minimum Gasteiger partial charge on any atom is -0.451 e. The first-order chi connectivity index (χ1) is 13.6. The molecule has 1 aromatic carbocycles. The number of hydrogen-bond donors (Lipinski definition) is 1. The van der Waals surface area contributed by atoms with Gasteiger partial charge in [0.15, 0.2) is 11.7 Å². The third-order valence-corrected chi connectivity index (χ3v) is 6.74. The van der Waals surface area contributed by atoms with Crippen molar-refractivity contribution in [2.24, 2.45) is 0 Å². The molecule has 28 heavy (non-hydrogen) atoms. The van der Waals surface area contributed by atoms with Gasteiger partial charge in [-0.1, -0.05) is 29.8 Å². The first-order valence-electron chi connectivity index (χ1n) is 8.89. The van der Waals surface area contributed by atoms with Crippen LogP contribution in [-0.4, -0.2) is 23.5 Å². The van der Waals surface area contributed by atoms with Gasteiger partial charge in [-0.25, -0.2) is 9.78 Å². The summed E-state index contributed by atoms with van der Waals surface area (Å²) in [7, 11) is 0. The van der Waals surface area contributed by atoms with Gasteiger partial charge in [0.1, 0.15) is 4.88 Å². The lowest BCUT2D eigenvalue weighted by Gasteiger charge is -2.08. The molecular formula is C20H17ClN2O3S2. The summed E-state index contributed by atoms with van der Waals surface area (Å²) >= 11 is 8.94. The molecule has 0 bridgehead atoms. The van der Waals surface area contributed by atoms with Gasteiger partial charge in [-0.15, -0.1) is 22.7 Å². The lowest BCUT2D eigenvalue weighted by Crippen LogP contribution is -2.20. The molecule has 5 nitrogen and oxygen atoms in total. The maximum Gasteiger partial charge on any atom is 0.348 e. The van der Waals surface area contributed by atoms with Crippen LogP contribution < -0.4 is 5.32 Å². The van der Waals surface area contributed by atoms with Crippen LogP contribution in [0.2, 0.25) is 5.02 Å². The van der Waals surface area contributed by atoms with Crippen molar-refractivity contribution in [2.75, 3.05) is 11.9 Å². The molecular weight excluding hydrogens is 416 g/mol. The van der Waals surface area contributed by atoms with E-state index in [2.05, 4.69) is 10.3 Å². The molecule has 4 rings (SSSR count). The topological polar surface area (TPSA) is 68.3 Å². The second kappa shape index (κ2) is 8.43. The summed E-state index contributed by atoms with van der Waals surface area (Å²) in [6, 6.07) is 9.28. The van der Waals surface area contributed by atoms with E-state index < -0.39 is 11.9 Å². The highest BCUT2D eigenvalue weighted by Gasteiger charge is 2.19. The molecule has 0 unspecified atom stereocenters. The summed E-state index contributed by atoms with van der Waals surface area (Å²) in [5.74, 6) is -0.875. The number of aromatic nitrogens is 1. The zero-order valence-corrected chi connectivity index (χ0v) is 17.3. The van der Waals surface area contributed by atoms with Gasteiger partial charge in [0.25, 0.3) is 5.91 Å². The summed E-state index contributed by atoms with van der Waals surface area (Å²) in [6.07, 6.45) is 4.35. The number of thiophene rings is 1. The molecule has 1 N–H and O–H groups in total. The summed E-state index contributed by atoms with van der Waals surface area (Å²) < 4.78 is 5.17. The Bertz CT molecular complexity index is 1000. The first-order valence-corrected chi connectivity index (χ1v) is 11.0. The predicted octanol–water partition coefficient (Wildman–Crippen LogP) is 5.20. The number of benzene rings is 1. The average Bonchev–Trinajstić information content (AvgIpc) is 3.33. The molecule has 1 aliphatic carbocycles. The normalized spacial score (nSPS) is 13.0. The number of amides is 1. The number of aryl methyl sites for hydroxylation is 2. The fourth-order valence-corrected chi connectivity index (χ4v) is 5.18. The molecule has 0 fully saturated rings. The third-order valence-electron chi connectivity index (χ3n) is 4.43. The molecule has 1 amide bonds. The van der Waals surface area contributed by atoms with Gasteiger partial charge in [0.05, 0.1) is 5.69 Å². The number of halogens is 1. The van der Waals surface area contributed by atoms with E-state index >= 15 is 0 Å². The molecule has 2 heterocycles. The molecule has 0 atom stereocenters. The summed E-state index contributed by atoms with van der Waals surface area (Å²) in [5, 5.41) is 5.51. The van der Waals surface area contributed by atoms with Gasteiger partial charge in [-0.05, 0) is 43.4 Å². The van der Waals surface area contributed by atoms with E-state index in [-0.39, 0.29) is 6.61 Å². The number of nitrogens with zero attached hydrogens (tertiary/aromatic N) is 1. The highest BCUT2D eigenvalue weighted by Crippen LogP contribution is 2.31. The highest BCUT2D eigenvalue weighted by molar-refractivity contribution is 7.14. The van der Waals surface area contributed by atoms with Crippen LogP contribution >= 0.6 is 34.3 Å². The van der Waals surface area contributed by atoms with Crippen molar-refractivity contribution in [1.82, 2.24) is 4.98 Å². The maximum atomic E-state index is 12.2. The number of fused-ring (bicyclic) bond motifs is 1. The number of rotatable bonds is 5. The quantitative estimate of drug-likeness (QED) is 0.562. The Kier molecular flexibility index (Phi) is 5.75. The molecule has 0 saturated heterocycles. The number of anilines is 1. The van der Waals surface area contributed by atoms with Crippen LogP contribution in [0.3, 0.4) is 0 Å². The minimum atomic E-state index is -0.453. The van der Waals surface area contributed by atoms with Gasteiger partial charge in [0.2, 0.25) is 0 Å². The number of hydrogen-bond acceptors (Lipinski definition) is 6. The Morgan fingerprint density at radius 3 is 2.86 bits per heavy atom. The second-order valence-electron chi connectivity index (χ2n) is 6.41. The number of thiazole rings is 1. The van der Waals surface area contributed by atoms with Crippen LogP contribution in [0.25, 0.3) is 11.3 Å². The van der Waals surface area contributed by atoms with Gasteiger partial charge in [-0.3, -0.25) is 10.1 Å². The van der Waals surface area contributed by atoms with Crippen molar-refractivity contribution in [3.05, 3.63) is 56.1 Å². The predicted molar refractivity (Wildman–Crippen MR) is 112 cm³/mol. The fourth-order valence-electron chi connectivity index (χ4n) is 3.07. The van der Waals surface area contributed by atoms with Crippen molar-refractivity contribution in [2.45, 2.75) is 25.7 Å². The molecule has 144 valence electrons. The molecule has 8 heteroatoms. The number of carbonyl (C=O) groups is 2. The second-order valence-corrected chi connectivity index (χ2v) is 8.81. The SMILES string of the molecule is O=C(COC(=O)c1cc2c(s1)CCCC2)Nc1nc(-c2ccccc2Cl)cs1. The van der Waals surface area contributed by atoms with E-state index in [4.69, 9.17) is 16.3 Å². The zero-order valence-electron chi connectivity index (χ0n) is 14.9. The number of esters is 1. The molecule has 0 saturated carbocycles. The summed E-state index contributed by atoms with van der Waals surface area (Å²) in [4.78, 5) is 30.5. The minimum absolute atomic E-state index is 0.345. The lowest BCUT2D eigenvalue weighted by atomic mass is 9.99. The van der Waals surface area contributed by atoms with E-state index in [1.165, 1.54) is 33.1 Å². The van der Waals surface area contributed by atoms with Gasteiger partial charge in [-0.2, -0.15) is 0 Å². The Hall–Kier alpha value is -2.22. The van der Waals surface area contributed by atoms with Crippen LogP contribution in [0.4, 0.5) is 5.13 Å². The molecule has 2 aromatic heterocycles. The van der Waals surface area contributed by atoms with E-state index in [0.29, 0.717) is 20.7 Å². The van der Waals surface area contributed by atoms with E-state index in [1.54, 1.807) is 6.07 Å². The van der Waals surface area contributed by atoms with Crippen LogP contribution in [0.1, 0.15) is 33.0 Å². The monoisotopic (exact) mass is 432 g/mol. The van der Waals surface area contributed by atoms with Crippen molar-refractivity contribution in [3.63, 3.8) is 0 Å². The molecule has 1 aliphatic rings. The van der Waals surface area contributed by atoms with Crippen molar-refractivity contribution >= 4 is 51.3 Å². The lowest BCUT2D eigenvalue weighted by molar-refractivity contribution is -0.119. The van der Waals surface area contributed by atoms with Crippen molar-refractivity contribution in [3.8, 4) is 11.3 Å². The zero-order chi connectivity index (χ0) is 19.5. The van der Waals surface area contributed by atoms with Gasteiger partial charge >= 0.3 is 5.97 Å². The van der Waals surface area contributed by atoms with Crippen molar-refractivity contribution < 1.29 is 14.3 Å². The standard InChI is InChI=1S/C20H17ClN2O3S2/c21-14-7-3-2-6-13(14)15-11-27-20(22-15)23-18(24)10-26-19(25)17-9-12-5-1-4-8-16(12)28-17/h2-3,6-7,9,11H,1,4-5,8,10H2,(H,22,23,24). The maximum absolute atomic E-state index is 12.2. The van der Waals surface area contributed by atoms with Gasteiger partial charge < -0.3 is 4.74 Å². The Balaban J connectivity index is 1.33. The molecule has 0 aliphatic heterocycles. The summed E-state index contributed by atoms with van der Waals surface area (Å²) in [5.41, 5.74) is 2.73. The molecule has 0 radical (unpaired) electrons. The largest absolute Gasteiger partial charge is 0.451 e. The van der Waals surface area contributed by atoms with E-state index in [9.17, 15) is 9.59 Å². The number of nitrogens with one attached hydrogen (secondary N) is 1. The molecule has 0 spiro atoms. The van der Waals surface area contributed by atoms with Crippen LogP contribution in [0, 0.1) is 0 Å². The third kappa shape index (κ3) is 4.27. The Morgan fingerprint density at radius 2 is 2.04 bits per heavy atom. The van der Waals surface area contributed by atoms with Crippen molar-refractivity contribution in [1.29, 1.82) is 0 Å². The molecule has 3 aromatic rings. The summed E-state index contributed by atoms with van der Waals surface area (Å²) in [6.45, 7) is -0.345. The Labute approximate surface area is 175 Å². The van der Waals surface area contributed by atoms with Crippen LogP contribution in [0.5, 0.6) is 0 Å². The average molecular weight is 433 g/mol. The first kappa shape index (κ1) is 19.1. The van der Waals surface area contributed by atoms with E-state index in [0.717, 1.165) is 31.2 Å². The Morgan fingerprint density at radius 1 is 1.21 bits per heavy atom.